The van der Waals surface area contributed by atoms with Gasteiger partial charge >= 0.3 is 0 Å². The molecule has 1 aromatic carbocycles. The predicted molar refractivity (Wildman–Crippen MR) is 85.2 cm³/mol. The lowest BCUT2D eigenvalue weighted by Gasteiger charge is -2.15. The summed E-state index contributed by atoms with van der Waals surface area (Å²) in [5, 5.41) is 11.1. The monoisotopic (exact) mass is 317 g/mol. The number of aryl methyl sites for hydroxylation is 1. The Morgan fingerprint density at radius 3 is 3.00 bits per heavy atom. The van der Waals surface area contributed by atoms with Crippen LogP contribution in [0.3, 0.4) is 0 Å². The van der Waals surface area contributed by atoms with Gasteiger partial charge in [0.15, 0.2) is 0 Å². The first kappa shape index (κ1) is 15.5. The molecular weight excluding hydrogens is 297 g/mol. The lowest BCUT2D eigenvalue weighted by molar-refractivity contribution is 0.356. The van der Waals surface area contributed by atoms with Crippen LogP contribution in [-0.2, 0) is 13.0 Å². The molecule has 0 saturated carbocycles. The second-order valence-electron chi connectivity index (χ2n) is 5.79. The highest BCUT2D eigenvalue weighted by Crippen LogP contribution is 2.30. The van der Waals surface area contributed by atoms with Crippen LogP contribution in [0.4, 0.5) is 4.39 Å². The van der Waals surface area contributed by atoms with E-state index in [0.29, 0.717) is 18.1 Å². The van der Waals surface area contributed by atoms with Gasteiger partial charge in [0.1, 0.15) is 23.7 Å². The molecule has 1 N–H and O–H groups in total. The average Bonchev–Trinajstić information content (AvgIpc) is 3.13. The van der Waals surface area contributed by atoms with Crippen molar-refractivity contribution in [3.63, 3.8) is 0 Å². The minimum absolute atomic E-state index is 0.185. The van der Waals surface area contributed by atoms with E-state index < -0.39 is 0 Å². The van der Waals surface area contributed by atoms with Gasteiger partial charge in [-0.15, -0.1) is 10.2 Å². The molecule has 0 radical (unpaired) electrons. The van der Waals surface area contributed by atoms with Crippen LogP contribution in [0.15, 0.2) is 23.5 Å². The van der Waals surface area contributed by atoms with Crippen LogP contribution in [-0.4, -0.2) is 33.4 Å². The van der Waals surface area contributed by atoms with Crippen molar-refractivity contribution in [1.82, 2.24) is 20.1 Å². The van der Waals surface area contributed by atoms with Crippen molar-refractivity contribution < 1.29 is 9.13 Å². The Balaban J connectivity index is 1.93. The van der Waals surface area contributed by atoms with E-state index in [4.69, 9.17) is 4.74 Å². The molecule has 1 aromatic heterocycles. The van der Waals surface area contributed by atoms with Crippen LogP contribution in [0, 0.1) is 12.7 Å². The average molecular weight is 317 g/mol. The minimum atomic E-state index is -0.248. The molecular formula is C16H20FN5O. The predicted octanol–water partition coefficient (Wildman–Crippen LogP) is 2.06. The highest BCUT2D eigenvalue weighted by molar-refractivity contribution is 5.82. The highest BCUT2D eigenvalue weighted by atomic mass is 19.1. The fraction of sp³-hybridized carbons (Fsp3) is 0.438. The van der Waals surface area contributed by atoms with Crippen molar-refractivity contribution in [2.75, 3.05) is 6.61 Å². The molecule has 3 rings (SSSR count). The number of hydrogen-bond acceptors (Lipinski definition) is 4. The van der Waals surface area contributed by atoms with Gasteiger partial charge < -0.3 is 10.1 Å². The van der Waals surface area contributed by atoms with Gasteiger partial charge in [0.25, 0.3) is 0 Å². The van der Waals surface area contributed by atoms with Crippen LogP contribution in [0.25, 0.3) is 0 Å². The van der Waals surface area contributed by atoms with E-state index in [9.17, 15) is 4.39 Å². The van der Waals surface area contributed by atoms with Gasteiger partial charge in [0, 0.05) is 23.6 Å². The number of rotatable bonds is 3. The van der Waals surface area contributed by atoms with E-state index in [1.807, 2.05) is 20.8 Å². The summed E-state index contributed by atoms with van der Waals surface area (Å²) < 4.78 is 21.5. The number of benzene rings is 1. The maximum atomic E-state index is 14.2. The summed E-state index contributed by atoms with van der Waals surface area (Å²) in [4.78, 5) is 4.57. The standard InChI is InChI=1S/C16H20FN5O/c1-10(2)20-16(22-9-19-21-11(22)3)18-8-13-12-6-7-23-15(12)5-4-14(13)17/h4-5,9-10H,6-8H2,1-3H3,(H,18,20). The quantitative estimate of drug-likeness (QED) is 0.695. The lowest BCUT2D eigenvalue weighted by atomic mass is 10.0. The largest absolute Gasteiger partial charge is 0.493 e. The molecule has 0 amide bonds. The highest BCUT2D eigenvalue weighted by Gasteiger charge is 2.19. The molecule has 122 valence electrons. The normalized spacial score (nSPS) is 14.0. The summed E-state index contributed by atoms with van der Waals surface area (Å²) in [5.74, 6) is 1.84. The molecule has 1 aliphatic heterocycles. The van der Waals surface area contributed by atoms with Crippen molar-refractivity contribution in [2.24, 2.45) is 4.99 Å². The first-order valence-electron chi connectivity index (χ1n) is 7.67. The van der Waals surface area contributed by atoms with Crippen LogP contribution in [0.2, 0.25) is 0 Å². The van der Waals surface area contributed by atoms with Crippen molar-refractivity contribution in [3.8, 4) is 5.75 Å². The smallest absolute Gasteiger partial charge is 0.205 e. The molecule has 0 spiro atoms. The van der Waals surface area contributed by atoms with Crippen molar-refractivity contribution in [2.45, 2.75) is 39.8 Å². The lowest BCUT2D eigenvalue weighted by Crippen LogP contribution is -2.36. The Labute approximate surface area is 134 Å². The molecule has 23 heavy (non-hydrogen) atoms. The van der Waals surface area contributed by atoms with Gasteiger partial charge in [-0.25, -0.2) is 9.38 Å². The Morgan fingerprint density at radius 1 is 1.48 bits per heavy atom. The summed E-state index contributed by atoms with van der Waals surface area (Å²) in [6.07, 6.45) is 2.31. The SMILES string of the molecule is Cc1nncn1C(=NCc1c(F)ccc2c1CCO2)NC(C)C. The van der Waals surface area contributed by atoms with E-state index >= 15 is 0 Å². The van der Waals surface area contributed by atoms with Gasteiger partial charge in [-0.2, -0.15) is 0 Å². The number of aliphatic imine (C=N–C) groups is 1. The molecule has 0 aliphatic carbocycles. The molecule has 6 nitrogen and oxygen atoms in total. The fourth-order valence-electron chi connectivity index (χ4n) is 2.59. The molecule has 0 fully saturated rings. The summed E-state index contributed by atoms with van der Waals surface area (Å²) >= 11 is 0. The van der Waals surface area contributed by atoms with E-state index in [2.05, 4.69) is 20.5 Å². The number of halogens is 1. The van der Waals surface area contributed by atoms with E-state index in [1.54, 1.807) is 17.0 Å². The third-order valence-corrected chi connectivity index (χ3v) is 3.69. The Kier molecular flexibility index (Phi) is 4.27. The molecule has 0 saturated heterocycles. The fourth-order valence-corrected chi connectivity index (χ4v) is 2.59. The first-order chi connectivity index (χ1) is 11.1. The summed E-state index contributed by atoms with van der Waals surface area (Å²) in [7, 11) is 0. The zero-order valence-corrected chi connectivity index (χ0v) is 13.5. The van der Waals surface area contributed by atoms with Crippen molar-refractivity contribution >= 4 is 5.96 Å². The zero-order valence-electron chi connectivity index (χ0n) is 13.5. The third-order valence-electron chi connectivity index (χ3n) is 3.69. The van der Waals surface area contributed by atoms with E-state index in [-0.39, 0.29) is 18.4 Å². The second kappa shape index (κ2) is 6.36. The Hall–Kier alpha value is -2.44. The van der Waals surface area contributed by atoms with Gasteiger partial charge in [0.05, 0.1) is 13.2 Å². The second-order valence-corrected chi connectivity index (χ2v) is 5.79. The summed E-state index contributed by atoms with van der Waals surface area (Å²) in [6, 6.07) is 3.31. The number of aromatic nitrogens is 3. The van der Waals surface area contributed by atoms with Gasteiger partial charge in [0.2, 0.25) is 5.96 Å². The van der Waals surface area contributed by atoms with E-state index in [1.165, 1.54) is 6.07 Å². The van der Waals surface area contributed by atoms with Crippen LogP contribution >= 0.6 is 0 Å². The topological polar surface area (TPSA) is 64.3 Å². The molecule has 0 unspecified atom stereocenters. The maximum Gasteiger partial charge on any atom is 0.205 e. The number of fused-ring (bicyclic) bond motifs is 1. The van der Waals surface area contributed by atoms with E-state index in [0.717, 1.165) is 23.6 Å². The van der Waals surface area contributed by atoms with Crippen LogP contribution in [0.1, 0.15) is 30.8 Å². The van der Waals surface area contributed by atoms with Gasteiger partial charge in [-0.05, 0) is 32.9 Å². The Bertz CT molecular complexity index is 738. The summed E-state index contributed by atoms with van der Waals surface area (Å²) in [5.41, 5.74) is 1.51. The van der Waals surface area contributed by atoms with Crippen molar-refractivity contribution in [3.05, 3.63) is 41.2 Å². The molecule has 7 heteroatoms. The maximum absolute atomic E-state index is 14.2. The zero-order chi connectivity index (χ0) is 16.4. The third kappa shape index (κ3) is 3.18. The summed E-state index contributed by atoms with van der Waals surface area (Å²) in [6.45, 7) is 6.72. The Morgan fingerprint density at radius 2 is 2.30 bits per heavy atom. The number of nitrogens with zero attached hydrogens (tertiary/aromatic N) is 4. The minimum Gasteiger partial charge on any atom is -0.493 e. The molecule has 0 atom stereocenters. The van der Waals surface area contributed by atoms with Crippen LogP contribution in [0.5, 0.6) is 5.75 Å². The molecule has 2 heterocycles. The van der Waals surface area contributed by atoms with Crippen LogP contribution < -0.4 is 10.1 Å². The van der Waals surface area contributed by atoms with Crippen molar-refractivity contribution in [1.29, 1.82) is 0 Å². The number of hydrogen-bond donors (Lipinski definition) is 1. The molecule has 1 aliphatic rings. The van der Waals surface area contributed by atoms with Gasteiger partial charge in [-0.3, -0.25) is 4.57 Å². The molecule has 0 bridgehead atoms. The first-order valence-corrected chi connectivity index (χ1v) is 7.67. The number of nitrogens with one attached hydrogen (secondary N) is 1. The number of ether oxygens (including phenoxy) is 1. The molecule has 2 aromatic rings. The van der Waals surface area contributed by atoms with Gasteiger partial charge in [-0.1, -0.05) is 0 Å².